The number of hydrogen-bond donors (Lipinski definition) is 2. The summed E-state index contributed by atoms with van der Waals surface area (Å²) in [4.78, 5) is 23.0. The van der Waals surface area contributed by atoms with E-state index in [2.05, 4.69) is 5.32 Å². The highest BCUT2D eigenvalue weighted by atomic mass is 35.5. The van der Waals surface area contributed by atoms with Crippen LogP contribution in [0.4, 0.5) is 13.2 Å². The predicted molar refractivity (Wildman–Crippen MR) is 109 cm³/mol. The van der Waals surface area contributed by atoms with E-state index in [1.165, 1.54) is 18.2 Å². The van der Waals surface area contributed by atoms with Gasteiger partial charge in [0.05, 0.1) is 28.0 Å². The summed E-state index contributed by atoms with van der Waals surface area (Å²) < 4.78 is 50.8. The Kier molecular flexibility index (Phi) is 6.87. The Morgan fingerprint density at radius 2 is 1.94 bits per heavy atom. The van der Waals surface area contributed by atoms with Gasteiger partial charge in [-0.25, -0.2) is 0 Å². The molecular weight excluding hydrogens is 439 g/mol. The quantitative estimate of drug-likeness (QED) is 0.483. The smallest absolute Gasteiger partial charge is 0.416 e. The zero-order valence-electron chi connectivity index (χ0n) is 16.0. The number of carboxylic acids is 1. The number of aliphatic carboxylic acids is 1. The Morgan fingerprint density at radius 1 is 1.16 bits per heavy atom. The summed E-state index contributed by atoms with van der Waals surface area (Å²) in [5.41, 5.74) is -1.06. The minimum atomic E-state index is -4.59. The summed E-state index contributed by atoms with van der Waals surface area (Å²) in [6, 6.07) is 8.67. The highest BCUT2D eigenvalue weighted by Gasteiger charge is 2.31. The summed E-state index contributed by atoms with van der Waals surface area (Å²) in [7, 11) is 0. The second-order valence-corrected chi connectivity index (χ2v) is 6.95. The Balaban J connectivity index is 1.94. The average Bonchev–Trinajstić information content (AvgIpc) is 2.70. The fourth-order valence-corrected chi connectivity index (χ4v) is 3.06. The zero-order valence-corrected chi connectivity index (χ0v) is 16.7. The van der Waals surface area contributed by atoms with Crippen LogP contribution in [-0.2, 0) is 11.0 Å². The van der Waals surface area contributed by atoms with E-state index in [9.17, 15) is 22.8 Å². The first kappa shape index (κ1) is 22.6. The number of alkyl halides is 3. The van der Waals surface area contributed by atoms with Crippen molar-refractivity contribution in [1.29, 1.82) is 0 Å². The first-order valence-corrected chi connectivity index (χ1v) is 9.54. The van der Waals surface area contributed by atoms with Crippen LogP contribution < -0.4 is 15.5 Å². The van der Waals surface area contributed by atoms with Crippen molar-refractivity contribution >= 4 is 28.5 Å². The number of rotatable bonds is 8. The highest BCUT2D eigenvalue weighted by Crippen LogP contribution is 2.38. The lowest BCUT2D eigenvalue weighted by atomic mass is 10.1. The minimum Gasteiger partial charge on any atom is -0.491 e. The molecule has 0 aliphatic rings. The monoisotopic (exact) mass is 455 g/mol. The number of benzene rings is 2. The normalized spacial score (nSPS) is 11.6. The number of carboxylic acid groups (broad SMARTS) is 1. The van der Waals surface area contributed by atoms with Crippen LogP contribution in [0.1, 0.15) is 12.0 Å². The zero-order chi connectivity index (χ0) is 22.6. The van der Waals surface area contributed by atoms with Crippen molar-refractivity contribution in [2.75, 3.05) is 19.7 Å². The molecular formula is C21H17ClF3NO5. The predicted octanol–water partition coefficient (Wildman–Crippen LogP) is 4.58. The number of hydrogen-bond acceptors (Lipinski definition) is 5. The van der Waals surface area contributed by atoms with Gasteiger partial charge in [0, 0.05) is 19.2 Å². The van der Waals surface area contributed by atoms with E-state index in [4.69, 9.17) is 25.9 Å². The molecule has 0 saturated heterocycles. The molecule has 0 saturated carbocycles. The van der Waals surface area contributed by atoms with Crippen LogP contribution in [0.2, 0.25) is 5.02 Å². The minimum absolute atomic E-state index is 0.00756. The second kappa shape index (κ2) is 9.40. The topological polar surface area (TPSA) is 88.8 Å². The Morgan fingerprint density at radius 3 is 2.65 bits per heavy atom. The van der Waals surface area contributed by atoms with E-state index in [-0.39, 0.29) is 59.2 Å². The molecule has 2 N–H and O–H groups in total. The van der Waals surface area contributed by atoms with E-state index < -0.39 is 23.1 Å². The van der Waals surface area contributed by atoms with Crippen molar-refractivity contribution in [1.82, 2.24) is 5.32 Å². The Bertz CT molecular complexity index is 1160. The van der Waals surface area contributed by atoms with E-state index in [1.807, 2.05) is 0 Å². The van der Waals surface area contributed by atoms with E-state index in [0.717, 1.165) is 18.2 Å². The largest absolute Gasteiger partial charge is 0.491 e. The van der Waals surface area contributed by atoms with Crippen LogP contribution in [-0.4, -0.2) is 30.8 Å². The first-order chi connectivity index (χ1) is 14.7. The molecule has 0 atom stereocenters. The number of fused-ring (bicyclic) bond motifs is 1. The molecule has 0 fully saturated rings. The van der Waals surface area contributed by atoms with Gasteiger partial charge in [0.2, 0.25) is 0 Å². The molecule has 0 amide bonds. The van der Waals surface area contributed by atoms with Gasteiger partial charge in [0.15, 0.2) is 11.0 Å². The van der Waals surface area contributed by atoms with Gasteiger partial charge in [-0.15, -0.1) is 0 Å². The summed E-state index contributed by atoms with van der Waals surface area (Å²) in [6.07, 6.45) is -4.69. The molecule has 10 heteroatoms. The molecule has 31 heavy (non-hydrogen) atoms. The molecule has 0 aliphatic carbocycles. The first-order valence-electron chi connectivity index (χ1n) is 9.16. The van der Waals surface area contributed by atoms with Crippen LogP contribution in [0.3, 0.4) is 0 Å². The lowest BCUT2D eigenvalue weighted by molar-refractivity contribution is -0.138. The molecule has 0 radical (unpaired) electrons. The van der Waals surface area contributed by atoms with E-state index in [1.54, 1.807) is 6.07 Å². The fraction of sp³-hybridized carbons (Fsp3) is 0.238. The van der Waals surface area contributed by atoms with Gasteiger partial charge in [-0.05, 0) is 30.3 Å². The van der Waals surface area contributed by atoms with Crippen LogP contribution in [0, 0.1) is 0 Å². The van der Waals surface area contributed by atoms with Gasteiger partial charge in [0.25, 0.3) is 0 Å². The van der Waals surface area contributed by atoms with Crippen LogP contribution >= 0.6 is 11.6 Å². The third-order valence-corrected chi connectivity index (χ3v) is 4.63. The van der Waals surface area contributed by atoms with Gasteiger partial charge < -0.3 is 19.6 Å². The van der Waals surface area contributed by atoms with Gasteiger partial charge in [-0.2, -0.15) is 13.2 Å². The summed E-state index contributed by atoms with van der Waals surface area (Å²) >= 11 is 6.10. The van der Waals surface area contributed by atoms with Crippen molar-refractivity contribution in [3.05, 3.63) is 63.3 Å². The van der Waals surface area contributed by atoms with Crippen LogP contribution in [0.15, 0.2) is 51.7 Å². The van der Waals surface area contributed by atoms with Crippen molar-refractivity contribution < 1.29 is 32.2 Å². The van der Waals surface area contributed by atoms with Gasteiger partial charge in [0.1, 0.15) is 18.1 Å². The Labute approximate surface area is 179 Å². The molecule has 3 aromatic rings. The number of carbonyl (C=O) groups is 1. The van der Waals surface area contributed by atoms with Crippen molar-refractivity contribution in [2.45, 2.75) is 12.6 Å². The van der Waals surface area contributed by atoms with E-state index in [0.29, 0.717) is 0 Å². The number of nitrogens with one attached hydrogen (secondary N) is 1. The molecule has 0 bridgehead atoms. The van der Waals surface area contributed by atoms with Crippen molar-refractivity contribution in [3.63, 3.8) is 0 Å². The Hall–Kier alpha value is -3.04. The lowest BCUT2D eigenvalue weighted by Gasteiger charge is -2.15. The number of halogens is 4. The molecule has 164 valence electrons. The fourth-order valence-electron chi connectivity index (χ4n) is 2.85. The van der Waals surface area contributed by atoms with Crippen LogP contribution in [0.25, 0.3) is 22.3 Å². The molecule has 0 spiro atoms. The third kappa shape index (κ3) is 5.56. The molecule has 1 heterocycles. The summed E-state index contributed by atoms with van der Waals surface area (Å²) in [5.74, 6) is -1.10. The molecule has 0 aliphatic heterocycles. The highest BCUT2D eigenvalue weighted by molar-refractivity contribution is 6.34. The maximum Gasteiger partial charge on any atom is 0.416 e. The maximum atomic E-state index is 13.2. The molecule has 0 unspecified atom stereocenters. The SMILES string of the molecule is O=C(O)CCNCCOc1cc(C(F)(F)F)ccc1-c1cc(=O)c2cccc(Cl)c2o1. The number of para-hydroxylation sites is 1. The van der Waals surface area contributed by atoms with Gasteiger partial charge in [-0.1, -0.05) is 17.7 Å². The van der Waals surface area contributed by atoms with Crippen molar-refractivity contribution in [3.8, 4) is 17.1 Å². The van der Waals surface area contributed by atoms with Gasteiger partial charge >= 0.3 is 12.1 Å². The summed E-state index contributed by atoms with van der Waals surface area (Å²) in [6.45, 7) is 0.356. The van der Waals surface area contributed by atoms with Crippen LogP contribution in [0.5, 0.6) is 5.75 Å². The lowest BCUT2D eigenvalue weighted by Crippen LogP contribution is -2.24. The molecule has 1 aromatic heterocycles. The summed E-state index contributed by atoms with van der Waals surface area (Å²) in [5, 5.41) is 11.9. The van der Waals surface area contributed by atoms with Gasteiger partial charge in [-0.3, -0.25) is 9.59 Å². The average molecular weight is 456 g/mol. The van der Waals surface area contributed by atoms with E-state index >= 15 is 0 Å². The third-order valence-electron chi connectivity index (χ3n) is 4.33. The molecule has 2 aromatic carbocycles. The maximum absolute atomic E-state index is 13.2. The van der Waals surface area contributed by atoms with Crippen molar-refractivity contribution in [2.24, 2.45) is 0 Å². The standard InChI is InChI=1S/C21H17ClF3NO5/c22-15-3-1-2-13-16(27)11-18(31-20(13)15)14-5-4-12(21(23,24)25)10-17(14)30-9-8-26-7-6-19(28)29/h1-5,10-11,26H,6-9H2,(H,28,29). The molecule has 3 rings (SSSR count). The molecule has 6 nitrogen and oxygen atoms in total. The second-order valence-electron chi connectivity index (χ2n) is 6.54. The number of ether oxygens (including phenoxy) is 1.